The summed E-state index contributed by atoms with van der Waals surface area (Å²) in [6.07, 6.45) is 4.26. The smallest absolute Gasteiger partial charge is 0.247 e. The van der Waals surface area contributed by atoms with Crippen molar-refractivity contribution in [3.05, 3.63) is 47.8 Å². The van der Waals surface area contributed by atoms with Crippen molar-refractivity contribution in [2.45, 2.75) is 32.2 Å². The predicted molar refractivity (Wildman–Crippen MR) is 103 cm³/mol. The zero-order chi connectivity index (χ0) is 19.0. The van der Waals surface area contributed by atoms with Gasteiger partial charge in [-0.05, 0) is 49.6 Å². The van der Waals surface area contributed by atoms with Gasteiger partial charge in [0.05, 0.1) is 18.5 Å². The second-order valence-corrected chi connectivity index (χ2v) is 6.99. The van der Waals surface area contributed by atoms with Crippen LogP contribution in [0, 0.1) is 6.92 Å². The van der Waals surface area contributed by atoms with E-state index in [9.17, 15) is 4.79 Å². The van der Waals surface area contributed by atoms with E-state index < -0.39 is 0 Å². The second kappa shape index (κ2) is 6.90. The number of nitrogens with one attached hydrogen (secondary N) is 1. The number of ether oxygens (including phenoxy) is 1. The van der Waals surface area contributed by atoms with Crippen LogP contribution >= 0.6 is 0 Å². The Balaban J connectivity index is 1.45. The predicted octanol–water partition coefficient (Wildman–Crippen LogP) is 3.12. The van der Waals surface area contributed by atoms with Gasteiger partial charge in [0.25, 0.3) is 0 Å². The SMILES string of the molecule is COc1ccc(-c2nn(CC(=O)Nc3cc(C4CC4)nn3C)cc2C)cc1. The normalized spacial score (nSPS) is 13.6. The van der Waals surface area contributed by atoms with Crippen molar-refractivity contribution in [3.8, 4) is 17.0 Å². The fourth-order valence-electron chi connectivity index (χ4n) is 3.15. The standard InChI is InChI=1S/C20H23N5O2/c1-13-11-25(23-20(13)15-6-8-16(27-3)9-7-15)12-19(26)21-18-10-17(14-4-5-14)22-24(18)2/h6-11,14H,4-5,12H2,1-3H3,(H,21,26). The Morgan fingerprint density at radius 1 is 1.26 bits per heavy atom. The van der Waals surface area contributed by atoms with Crippen LogP contribution in [0.5, 0.6) is 5.75 Å². The molecule has 7 nitrogen and oxygen atoms in total. The molecule has 3 aromatic rings. The van der Waals surface area contributed by atoms with Crippen LogP contribution in [0.25, 0.3) is 11.3 Å². The minimum Gasteiger partial charge on any atom is -0.497 e. The van der Waals surface area contributed by atoms with Crippen LogP contribution in [-0.4, -0.2) is 32.6 Å². The molecule has 1 amide bonds. The number of carbonyl (C=O) groups excluding carboxylic acids is 1. The third kappa shape index (κ3) is 3.72. The summed E-state index contributed by atoms with van der Waals surface area (Å²) in [6, 6.07) is 9.70. The Labute approximate surface area is 157 Å². The number of methoxy groups -OCH3 is 1. The lowest BCUT2D eigenvalue weighted by molar-refractivity contribution is -0.116. The molecule has 1 aliphatic rings. The number of rotatable bonds is 6. The lowest BCUT2D eigenvalue weighted by atomic mass is 10.1. The van der Waals surface area contributed by atoms with E-state index in [2.05, 4.69) is 15.5 Å². The molecule has 0 atom stereocenters. The molecule has 1 aliphatic carbocycles. The maximum atomic E-state index is 12.4. The number of hydrogen-bond donors (Lipinski definition) is 1. The van der Waals surface area contributed by atoms with Gasteiger partial charge in [0.15, 0.2) is 0 Å². The van der Waals surface area contributed by atoms with Crippen LogP contribution in [0.3, 0.4) is 0 Å². The van der Waals surface area contributed by atoms with E-state index in [1.165, 1.54) is 12.8 Å². The Hall–Kier alpha value is -3.09. The van der Waals surface area contributed by atoms with Crippen molar-refractivity contribution < 1.29 is 9.53 Å². The van der Waals surface area contributed by atoms with E-state index in [4.69, 9.17) is 4.74 Å². The molecule has 0 unspecified atom stereocenters. The fourth-order valence-corrected chi connectivity index (χ4v) is 3.15. The van der Waals surface area contributed by atoms with Crippen LogP contribution in [-0.2, 0) is 18.4 Å². The van der Waals surface area contributed by atoms with Gasteiger partial charge in [-0.2, -0.15) is 10.2 Å². The third-order valence-corrected chi connectivity index (χ3v) is 4.78. The summed E-state index contributed by atoms with van der Waals surface area (Å²) in [4.78, 5) is 12.4. The molecule has 7 heteroatoms. The van der Waals surface area contributed by atoms with E-state index in [0.717, 1.165) is 34.1 Å². The molecule has 27 heavy (non-hydrogen) atoms. The molecule has 0 spiro atoms. The Bertz CT molecular complexity index is 967. The summed E-state index contributed by atoms with van der Waals surface area (Å²) in [5, 5.41) is 12.0. The van der Waals surface area contributed by atoms with Gasteiger partial charge in [0.2, 0.25) is 5.91 Å². The zero-order valence-electron chi connectivity index (χ0n) is 15.8. The lowest BCUT2D eigenvalue weighted by Gasteiger charge is -2.05. The summed E-state index contributed by atoms with van der Waals surface area (Å²) >= 11 is 0. The highest BCUT2D eigenvalue weighted by Crippen LogP contribution is 2.39. The van der Waals surface area contributed by atoms with E-state index >= 15 is 0 Å². The van der Waals surface area contributed by atoms with E-state index in [1.54, 1.807) is 16.5 Å². The molecular weight excluding hydrogens is 342 g/mol. The van der Waals surface area contributed by atoms with Gasteiger partial charge in [-0.15, -0.1) is 0 Å². The number of amides is 1. The van der Waals surface area contributed by atoms with Gasteiger partial charge in [-0.1, -0.05) is 0 Å². The minimum absolute atomic E-state index is 0.121. The quantitative estimate of drug-likeness (QED) is 0.728. The third-order valence-electron chi connectivity index (χ3n) is 4.78. The Morgan fingerprint density at radius 3 is 2.67 bits per heavy atom. The number of hydrogen-bond acceptors (Lipinski definition) is 4. The van der Waals surface area contributed by atoms with Crippen LogP contribution in [0.1, 0.15) is 30.0 Å². The first-order valence-corrected chi connectivity index (χ1v) is 9.06. The average molecular weight is 365 g/mol. The zero-order valence-corrected chi connectivity index (χ0v) is 15.8. The van der Waals surface area contributed by atoms with Gasteiger partial charge in [-0.25, -0.2) is 0 Å². The van der Waals surface area contributed by atoms with Crippen LogP contribution in [0.4, 0.5) is 5.82 Å². The van der Waals surface area contributed by atoms with Gasteiger partial charge in [0, 0.05) is 30.8 Å². The molecular formula is C20H23N5O2. The molecule has 1 aromatic carbocycles. The topological polar surface area (TPSA) is 74.0 Å². The lowest BCUT2D eigenvalue weighted by Crippen LogP contribution is -2.20. The number of aryl methyl sites for hydroxylation is 2. The van der Waals surface area contributed by atoms with Crippen LogP contribution in [0.2, 0.25) is 0 Å². The molecule has 140 valence electrons. The van der Waals surface area contributed by atoms with E-state index in [0.29, 0.717) is 5.92 Å². The summed E-state index contributed by atoms with van der Waals surface area (Å²) in [6.45, 7) is 2.14. The number of benzene rings is 1. The minimum atomic E-state index is -0.121. The summed E-state index contributed by atoms with van der Waals surface area (Å²) in [5.41, 5.74) is 3.93. The average Bonchev–Trinajstić information content (AvgIpc) is 3.36. The summed E-state index contributed by atoms with van der Waals surface area (Å²) in [7, 11) is 3.49. The Morgan fingerprint density at radius 2 is 2.00 bits per heavy atom. The second-order valence-electron chi connectivity index (χ2n) is 6.99. The number of aromatic nitrogens is 4. The molecule has 2 aromatic heterocycles. The van der Waals surface area contributed by atoms with Crippen molar-refractivity contribution in [1.29, 1.82) is 0 Å². The first-order valence-electron chi connectivity index (χ1n) is 9.06. The number of carbonyl (C=O) groups is 1. The van der Waals surface area contributed by atoms with Gasteiger partial charge < -0.3 is 10.1 Å². The Kier molecular flexibility index (Phi) is 4.43. The monoisotopic (exact) mass is 365 g/mol. The van der Waals surface area contributed by atoms with Crippen LogP contribution in [0.15, 0.2) is 36.5 Å². The molecule has 1 saturated carbocycles. The van der Waals surface area contributed by atoms with Crippen molar-refractivity contribution >= 4 is 11.7 Å². The largest absolute Gasteiger partial charge is 0.497 e. The highest BCUT2D eigenvalue weighted by atomic mass is 16.5. The number of anilines is 1. The maximum Gasteiger partial charge on any atom is 0.247 e. The van der Waals surface area contributed by atoms with Crippen LogP contribution < -0.4 is 10.1 Å². The first-order chi connectivity index (χ1) is 13.0. The van der Waals surface area contributed by atoms with Crippen molar-refractivity contribution in [2.24, 2.45) is 7.05 Å². The summed E-state index contributed by atoms with van der Waals surface area (Å²) in [5.74, 6) is 1.96. The molecule has 2 heterocycles. The van der Waals surface area contributed by atoms with Crippen molar-refractivity contribution in [3.63, 3.8) is 0 Å². The molecule has 0 radical (unpaired) electrons. The number of nitrogens with zero attached hydrogens (tertiary/aromatic N) is 4. The first kappa shape index (κ1) is 17.3. The summed E-state index contributed by atoms with van der Waals surface area (Å²) < 4.78 is 8.59. The maximum absolute atomic E-state index is 12.4. The fraction of sp³-hybridized carbons (Fsp3) is 0.350. The molecule has 0 saturated heterocycles. The van der Waals surface area contributed by atoms with E-state index in [1.807, 2.05) is 50.5 Å². The molecule has 1 fully saturated rings. The van der Waals surface area contributed by atoms with Crippen molar-refractivity contribution in [1.82, 2.24) is 19.6 Å². The molecule has 1 N–H and O–H groups in total. The molecule has 0 bridgehead atoms. The van der Waals surface area contributed by atoms with E-state index in [-0.39, 0.29) is 12.5 Å². The highest BCUT2D eigenvalue weighted by Gasteiger charge is 2.27. The molecule has 4 rings (SSSR count). The van der Waals surface area contributed by atoms with Gasteiger partial charge in [0.1, 0.15) is 18.1 Å². The van der Waals surface area contributed by atoms with Gasteiger partial charge in [-0.3, -0.25) is 14.2 Å². The van der Waals surface area contributed by atoms with Crippen molar-refractivity contribution in [2.75, 3.05) is 12.4 Å². The highest BCUT2D eigenvalue weighted by molar-refractivity contribution is 5.89. The molecule has 0 aliphatic heterocycles. The van der Waals surface area contributed by atoms with Gasteiger partial charge >= 0.3 is 0 Å².